The molecule has 82 valence electrons. The second-order valence-corrected chi connectivity index (χ2v) is 2.65. The van der Waals surface area contributed by atoms with E-state index in [1.807, 2.05) is 0 Å². The topological polar surface area (TPSA) is 90.1 Å². The first-order valence-electron chi connectivity index (χ1n) is 4.13. The number of hydrogen-bond donors (Lipinski definition) is 1. The largest absolute Gasteiger partial charge is 0.435 e. The van der Waals surface area contributed by atoms with E-state index in [9.17, 15) is 19.3 Å². The lowest BCUT2D eigenvalue weighted by Gasteiger charge is -2.02. The molecule has 0 atom stereocenters. The van der Waals surface area contributed by atoms with Gasteiger partial charge in [-0.25, -0.2) is 8.96 Å². The number of nitrogens with one attached hydrogen (secondary N) is 1. The first-order valence-corrected chi connectivity index (χ1v) is 4.13. The van der Waals surface area contributed by atoms with Crippen LogP contribution in [0.25, 0.3) is 0 Å². The van der Waals surface area contributed by atoms with Crippen LogP contribution in [0.5, 0.6) is 0 Å². The summed E-state index contributed by atoms with van der Waals surface area (Å²) in [7, 11) is 0. The van der Waals surface area contributed by atoms with Gasteiger partial charge in [0.25, 0.3) is 5.91 Å². The lowest BCUT2D eigenvalue weighted by Crippen LogP contribution is -2.29. The highest BCUT2D eigenvalue weighted by atomic mass is 18.2. The molecule has 1 amide bonds. The van der Waals surface area contributed by atoms with E-state index in [0.717, 1.165) is 4.57 Å². The summed E-state index contributed by atoms with van der Waals surface area (Å²) >= 11 is 0. The van der Waals surface area contributed by atoms with Crippen molar-refractivity contribution in [3.63, 3.8) is 0 Å². The van der Waals surface area contributed by atoms with E-state index >= 15 is 0 Å². The summed E-state index contributed by atoms with van der Waals surface area (Å²) in [4.78, 5) is 24.3. The Morgan fingerprint density at radius 3 is 3.07 bits per heavy atom. The lowest BCUT2D eigenvalue weighted by atomic mass is 10.5. The fraction of sp³-hybridized carbons (Fsp3) is 0.429. The van der Waals surface area contributed by atoms with Gasteiger partial charge in [0.2, 0.25) is 0 Å². The maximum atomic E-state index is 11.7. The molecule has 15 heavy (non-hydrogen) atoms. The average Bonchev–Trinajstić information content (AvgIpc) is 2.62. The summed E-state index contributed by atoms with van der Waals surface area (Å²) in [5, 5.41) is 12.7. The van der Waals surface area contributed by atoms with Crippen molar-refractivity contribution in [3.8, 4) is 0 Å². The van der Waals surface area contributed by atoms with Gasteiger partial charge in [-0.1, -0.05) is 4.98 Å². The molecule has 1 aromatic heterocycles. The maximum Gasteiger partial charge on any atom is 0.435 e. The van der Waals surface area contributed by atoms with Crippen molar-refractivity contribution in [3.05, 3.63) is 22.5 Å². The van der Waals surface area contributed by atoms with Crippen LogP contribution >= 0.6 is 0 Å². The molecule has 1 rings (SSSR count). The molecule has 7 nitrogen and oxygen atoms in total. The predicted octanol–water partition coefficient (Wildman–Crippen LogP) is -0.123. The maximum absolute atomic E-state index is 11.7. The van der Waals surface area contributed by atoms with Gasteiger partial charge in [0.15, 0.2) is 6.54 Å². The van der Waals surface area contributed by atoms with E-state index in [4.69, 9.17) is 0 Å². The van der Waals surface area contributed by atoms with Gasteiger partial charge in [-0.15, -0.1) is 0 Å². The van der Waals surface area contributed by atoms with Crippen molar-refractivity contribution < 1.29 is 14.1 Å². The quantitative estimate of drug-likeness (QED) is 0.547. The Morgan fingerprint density at radius 2 is 2.47 bits per heavy atom. The zero-order valence-electron chi connectivity index (χ0n) is 7.72. The molecule has 0 unspecified atom stereocenters. The van der Waals surface area contributed by atoms with E-state index in [-0.39, 0.29) is 13.1 Å². The van der Waals surface area contributed by atoms with Crippen molar-refractivity contribution in [2.24, 2.45) is 0 Å². The first kappa shape index (κ1) is 11.1. The highest BCUT2D eigenvalue weighted by molar-refractivity contribution is 5.75. The zero-order valence-corrected chi connectivity index (χ0v) is 7.72. The molecule has 0 aliphatic rings. The Morgan fingerprint density at radius 1 is 1.73 bits per heavy atom. The van der Waals surface area contributed by atoms with Crippen LogP contribution in [0.4, 0.5) is 10.3 Å². The number of alkyl halides is 1. The molecule has 0 saturated heterocycles. The molecule has 0 aromatic carbocycles. The number of nitrogens with zero attached hydrogens (tertiary/aromatic N) is 3. The smallest absolute Gasteiger partial charge is 0.390 e. The Balaban J connectivity index is 2.60. The normalized spacial score (nSPS) is 9.93. The SMILES string of the molecule is O=C(Cn1ccnc1[N+](=O)[O-])NCC[18F]. The van der Waals surface area contributed by atoms with Crippen LogP contribution in [-0.4, -0.2) is 33.6 Å². The van der Waals surface area contributed by atoms with E-state index < -0.39 is 23.5 Å². The number of amides is 1. The van der Waals surface area contributed by atoms with Gasteiger partial charge in [-0.3, -0.25) is 4.79 Å². The van der Waals surface area contributed by atoms with Crippen LogP contribution in [-0.2, 0) is 11.3 Å². The molecule has 8 heteroatoms. The zero-order chi connectivity index (χ0) is 11.3. The molecule has 1 N–H and O–H groups in total. The summed E-state index contributed by atoms with van der Waals surface area (Å²) in [5.41, 5.74) is 0. The summed E-state index contributed by atoms with van der Waals surface area (Å²) < 4.78 is 12.8. The second-order valence-electron chi connectivity index (χ2n) is 2.65. The van der Waals surface area contributed by atoms with Crippen molar-refractivity contribution in [1.82, 2.24) is 14.9 Å². The minimum Gasteiger partial charge on any atom is -0.390 e. The number of rotatable bonds is 5. The summed E-state index contributed by atoms with van der Waals surface area (Å²) in [6.07, 6.45) is 2.54. The summed E-state index contributed by atoms with van der Waals surface area (Å²) in [5.74, 6) is -0.904. The number of hydrogen-bond acceptors (Lipinski definition) is 4. The lowest BCUT2D eigenvalue weighted by molar-refractivity contribution is -0.396. The Labute approximate surface area is 84.1 Å². The average molecular weight is 215 g/mol. The molecular formula is C7H9FN4O3. The molecular weight excluding hydrogens is 206 g/mol. The molecule has 1 aromatic rings. The monoisotopic (exact) mass is 215 g/mol. The van der Waals surface area contributed by atoms with E-state index in [1.54, 1.807) is 0 Å². The number of imidazole rings is 1. The minimum atomic E-state index is -0.692. The van der Waals surface area contributed by atoms with Gasteiger partial charge in [-0.05, 0) is 4.92 Å². The van der Waals surface area contributed by atoms with Gasteiger partial charge in [0, 0.05) is 6.54 Å². The number of nitro groups is 1. The highest BCUT2D eigenvalue weighted by Crippen LogP contribution is 2.06. The van der Waals surface area contributed by atoms with Crippen LogP contribution in [0.3, 0.4) is 0 Å². The van der Waals surface area contributed by atoms with Gasteiger partial charge < -0.3 is 15.4 Å². The van der Waals surface area contributed by atoms with E-state index in [1.165, 1.54) is 12.4 Å². The van der Waals surface area contributed by atoms with Crippen LogP contribution in [0, 0.1) is 10.1 Å². The van der Waals surface area contributed by atoms with Crippen LogP contribution in [0.1, 0.15) is 0 Å². The molecule has 0 radical (unpaired) electrons. The summed E-state index contributed by atoms with van der Waals surface area (Å²) in [6.45, 7) is -1.00. The predicted molar refractivity (Wildman–Crippen MR) is 47.9 cm³/mol. The minimum absolute atomic E-state index is 0.0959. The third-order valence-electron chi connectivity index (χ3n) is 1.59. The van der Waals surface area contributed by atoms with Gasteiger partial charge in [-0.2, -0.15) is 0 Å². The van der Waals surface area contributed by atoms with E-state index in [0.29, 0.717) is 0 Å². The molecule has 0 saturated carbocycles. The van der Waals surface area contributed by atoms with Crippen LogP contribution in [0.2, 0.25) is 0 Å². The number of carbonyl (C=O) groups excluding carboxylic acids is 1. The third-order valence-corrected chi connectivity index (χ3v) is 1.59. The Kier molecular flexibility index (Phi) is 3.72. The Bertz CT molecular complexity index is 365. The van der Waals surface area contributed by atoms with Crippen molar-refractivity contribution in [2.75, 3.05) is 13.2 Å². The van der Waals surface area contributed by atoms with Crippen molar-refractivity contribution in [1.29, 1.82) is 0 Å². The third kappa shape index (κ3) is 3.01. The van der Waals surface area contributed by atoms with Crippen LogP contribution in [0.15, 0.2) is 12.4 Å². The fourth-order valence-electron chi connectivity index (χ4n) is 0.994. The van der Waals surface area contributed by atoms with Gasteiger partial charge in [0.05, 0.1) is 0 Å². The number of aromatic nitrogens is 2. The molecule has 0 spiro atoms. The molecule has 0 aliphatic heterocycles. The number of carbonyl (C=O) groups is 1. The van der Waals surface area contributed by atoms with E-state index in [2.05, 4.69) is 10.3 Å². The standard InChI is InChI=1S/C7H9FN4O3/c8-1-2-9-6(13)5-11-4-3-10-7(11)12(14)15/h3-4H,1-2,5H2,(H,9,13)/i8-1. The second kappa shape index (κ2) is 5.03. The molecule has 0 aliphatic carbocycles. The van der Waals surface area contributed by atoms with Crippen LogP contribution < -0.4 is 5.32 Å². The molecule has 0 bridgehead atoms. The first-order chi connectivity index (χ1) is 7.15. The highest BCUT2D eigenvalue weighted by Gasteiger charge is 2.16. The van der Waals surface area contributed by atoms with Crippen molar-refractivity contribution >= 4 is 11.9 Å². The Hall–Kier alpha value is -1.99. The van der Waals surface area contributed by atoms with Gasteiger partial charge >= 0.3 is 5.95 Å². The number of halogens is 1. The molecule has 0 fully saturated rings. The molecule has 1 heterocycles. The summed E-state index contributed by atoms with van der Waals surface area (Å²) in [6, 6.07) is 0. The van der Waals surface area contributed by atoms with Gasteiger partial charge in [0.1, 0.15) is 19.1 Å². The van der Waals surface area contributed by atoms with Crippen molar-refractivity contribution in [2.45, 2.75) is 6.54 Å². The fourth-order valence-corrected chi connectivity index (χ4v) is 0.994.